The van der Waals surface area contributed by atoms with Crippen molar-refractivity contribution in [3.63, 3.8) is 0 Å². The lowest BCUT2D eigenvalue weighted by molar-refractivity contribution is 0.127. The molecule has 2 N–H and O–H groups in total. The molecule has 0 unspecified atom stereocenters. The van der Waals surface area contributed by atoms with Crippen LogP contribution >= 0.6 is 0 Å². The first-order chi connectivity index (χ1) is 7.75. The van der Waals surface area contributed by atoms with E-state index < -0.39 is 0 Å². The molecule has 0 aromatic heterocycles. The smallest absolute Gasteiger partial charge is 0.0412 e. The molecule has 0 spiro atoms. The van der Waals surface area contributed by atoms with Crippen LogP contribution in [-0.2, 0) is 12.8 Å². The molecular weight excluding hydrogens is 196 g/mol. The van der Waals surface area contributed by atoms with Crippen molar-refractivity contribution >= 4 is 0 Å². The number of rotatable bonds is 3. The van der Waals surface area contributed by atoms with Gasteiger partial charge in [-0.15, -0.1) is 0 Å². The van der Waals surface area contributed by atoms with Crippen LogP contribution in [-0.4, -0.2) is 30.1 Å². The van der Waals surface area contributed by atoms with Crippen LogP contribution in [0, 0.1) is 0 Å². The van der Waals surface area contributed by atoms with Crippen molar-refractivity contribution in [2.24, 2.45) is 5.73 Å². The Bertz CT molecular complexity index is 370. The summed E-state index contributed by atoms with van der Waals surface area (Å²) in [7, 11) is 2.26. The maximum atomic E-state index is 6.07. The Morgan fingerprint density at radius 3 is 2.25 bits per heavy atom. The standard InChI is InChI=1S/C14H20N2/c1-16(13-6-7-13)14(10-15)8-11-4-2-3-5-12(11)9-14/h2-5,13H,6-10,15H2,1H3. The van der Waals surface area contributed by atoms with Crippen molar-refractivity contribution in [1.29, 1.82) is 0 Å². The predicted octanol–water partition coefficient (Wildman–Crippen LogP) is 1.58. The highest BCUT2D eigenvalue weighted by atomic mass is 15.2. The highest BCUT2D eigenvalue weighted by Crippen LogP contribution is 2.39. The van der Waals surface area contributed by atoms with Gasteiger partial charge in [0.25, 0.3) is 0 Å². The zero-order valence-corrected chi connectivity index (χ0v) is 9.95. The molecule has 3 rings (SSSR count). The number of benzene rings is 1. The van der Waals surface area contributed by atoms with Crippen molar-refractivity contribution in [3.05, 3.63) is 35.4 Å². The molecule has 0 saturated heterocycles. The second kappa shape index (κ2) is 3.57. The molecule has 1 aromatic carbocycles. The number of hydrogen-bond donors (Lipinski definition) is 1. The second-order valence-electron chi connectivity index (χ2n) is 5.39. The van der Waals surface area contributed by atoms with Gasteiger partial charge in [0.2, 0.25) is 0 Å². The Hall–Kier alpha value is -0.860. The molecule has 16 heavy (non-hydrogen) atoms. The normalized spacial score (nSPS) is 22.4. The second-order valence-corrected chi connectivity index (χ2v) is 5.39. The van der Waals surface area contributed by atoms with Crippen molar-refractivity contribution in [2.75, 3.05) is 13.6 Å². The number of fused-ring (bicyclic) bond motifs is 1. The molecule has 1 saturated carbocycles. The monoisotopic (exact) mass is 216 g/mol. The van der Waals surface area contributed by atoms with E-state index in [0.29, 0.717) is 0 Å². The molecule has 0 bridgehead atoms. The average Bonchev–Trinajstić information content (AvgIpc) is 3.08. The lowest BCUT2D eigenvalue weighted by atomic mass is 9.93. The summed E-state index contributed by atoms with van der Waals surface area (Å²) in [6.07, 6.45) is 4.97. The van der Waals surface area contributed by atoms with E-state index in [1.807, 2.05) is 0 Å². The van der Waals surface area contributed by atoms with Crippen LogP contribution in [0.25, 0.3) is 0 Å². The third kappa shape index (κ3) is 1.48. The Morgan fingerprint density at radius 1 is 1.25 bits per heavy atom. The molecule has 2 aliphatic carbocycles. The minimum atomic E-state index is 0.199. The van der Waals surface area contributed by atoms with Gasteiger partial charge >= 0.3 is 0 Å². The minimum Gasteiger partial charge on any atom is -0.329 e. The zero-order chi connectivity index (χ0) is 11.2. The van der Waals surface area contributed by atoms with Crippen LogP contribution in [0.15, 0.2) is 24.3 Å². The average molecular weight is 216 g/mol. The van der Waals surface area contributed by atoms with Gasteiger partial charge in [-0.3, -0.25) is 4.90 Å². The van der Waals surface area contributed by atoms with Gasteiger partial charge in [0.1, 0.15) is 0 Å². The summed E-state index contributed by atoms with van der Waals surface area (Å²) in [6.45, 7) is 0.773. The summed E-state index contributed by atoms with van der Waals surface area (Å²) in [6, 6.07) is 9.59. The van der Waals surface area contributed by atoms with Crippen LogP contribution in [0.2, 0.25) is 0 Å². The van der Waals surface area contributed by atoms with Gasteiger partial charge < -0.3 is 5.73 Å². The van der Waals surface area contributed by atoms with Gasteiger partial charge in [-0.2, -0.15) is 0 Å². The molecule has 1 fully saturated rings. The molecule has 0 atom stereocenters. The molecular formula is C14H20N2. The van der Waals surface area contributed by atoms with E-state index >= 15 is 0 Å². The van der Waals surface area contributed by atoms with Gasteiger partial charge in [-0.05, 0) is 43.9 Å². The van der Waals surface area contributed by atoms with Crippen LogP contribution < -0.4 is 5.73 Å². The Labute approximate surface area is 97.4 Å². The molecule has 86 valence electrons. The van der Waals surface area contributed by atoms with E-state index in [9.17, 15) is 0 Å². The highest BCUT2D eigenvalue weighted by Gasteiger charge is 2.44. The summed E-state index contributed by atoms with van der Waals surface area (Å²) >= 11 is 0. The fraction of sp³-hybridized carbons (Fsp3) is 0.571. The zero-order valence-electron chi connectivity index (χ0n) is 9.95. The third-order valence-corrected chi connectivity index (χ3v) is 4.38. The fourth-order valence-corrected chi connectivity index (χ4v) is 3.06. The molecule has 0 amide bonds. The lowest BCUT2D eigenvalue weighted by Gasteiger charge is -2.38. The number of likely N-dealkylation sites (N-methyl/N-ethyl adjacent to an activating group) is 1. The Morgan fingerprint density at radius 2 is 1.81 bits per heavy atom. The molecule has 2 aliphatic rings. The molecule has 2 nitrogen and oxygen atoms in total. The maximum Gasteiger partial charge on any atom is 0.0412 e. The van der Waals surface area contributed by atoms with Crippen molar-refractivity contribution < 1.29 is 0 Å². The minimum absolute atomic E-state index is 0.199. The number of nitrogens with zero attached hydrogens (tertiary/aromatic N) is 1. The van der Waals surface area contributed by atoms with Crippen molar-refractivity contribution in [3.8, 4) is 0 Å². The van der Waals surface area contributed by atoms with E-state index in [-0.39, 0.29) is 5.54 Å². The first kappa shape index (κ1) is 10.3. The van der Waals surface area contributed by atoms with Gasteiger partial charge in [-0.25, -0.2) is 0 Å². The summed E-state index contributed by atoms with van der Waals surface area (Å²) in [4.78, 5) is 2.55. The van der Waals surface area contributed by atoms with E-state index in [2.05, 4.69) is 36.2 Å². The van der Waals surface area contributed by atoms with Gasteiger partial charge in [0.05, 0.1) is 0 Å². The third-order valence-electron chi connectivity index (χ3n) is 4.38. The van der Waals surface area contributed by atoms with Crippen LogP contribution in [0.1, 0.15) is 24.0 Å². The molecule has 1 aromatic rings. The van der Waals surface area contributed by atoms with E-state index in [1.165, 1.54) is 24.0 Å². The molecule has 2 heteroatoms. The quantitative estimate of drug-likeness (QED) is 0.831. The lowest BCUT2D eigenvalue weighted by Crippen LogP contribution is -2.53. The summed E-state index contributed by atoms with van der Waals surface area (Å²) in [5.41, 5.74) is 9.27. The van der Waals surface area contributed by atoms with Gasteiger partial charge in [-0.1, -0.05) is 24.3 Å². The number of nitrogens with two attached hydrogens (primary N) is 1. The van der Waals surface area contributed by atoms with Crippen molar-refractivity contribution in [2.45, 2.75) is 37.3 Å². The first-order valence-electron chi connectivity index (χ1n) is 6.25. The van der Waals surface area contributed by atoms with Crippen LogP contribution in [0.4, 0.5) is 0 Å². The first-order valence-corrected chi connectivity index (χ1v) is 6.25. The predicted molar refractivity (Wildman–Crippen MR) is 66.4 cm³/mol. The maximum absolute atomic E-state index is 6.07. The summed E-state index contributed by atoms with van der Waals surface area (Å²) in [5.74, 6) is 0. The molecule has 0 aliphatic heterocycles. The largest absolute Gasteiger partial charge is 0.329 e. The SMILES string of the molecule is CN(C1CC1)C1(CN)Cc2ccccc2C1. The summed E-state index contributed by atoms with van der Waals surface area (Å²) < 4.78 is 0. The fourth-order valence-electron chi connectivity index (χ4n) is 3.06. The van der Waals surface area contributed by atoms with E-state index in [0.717, 1.165) is 25.4 Å². The summed E-state index contributed by atoms with van der Waals surface area (Å²) in [5, 5.41) is 0. The van der Waals surface area contributed by atoms with Crippen LogP contribution in [0.5, 0.6) is 0 Å². The Balaban J connectivity index is 1.89. The van der Waals surface area contributed by atoms with Gasteiger partial charge in [0.15, 0.2) is 0 Å². The molecule has 0 heterocycles. The molecule has 0 radical (unpaired) electrons. The van der Waals surface area contributed by atoms with Crippen LogP contribution in [0.3, 0.4) is 0 Å². The topological polar surface area (TPSA) is 29.3 Å². The van der Waals surface area contributed by atoms with E-state index in [4.69, 9.17) is 5.73 Å². The van der Waals surface area contributed by atoms with Crippen molar-refractivity contribution in [1.82, 2.24) is 4.90 Å². The highest BCUT2D eigenvalue weighted by molar-refractivity contribution is 5.36. The number of hydrogen-bond acceptors (Lipinski definition) is 2. The van der Waals surface area contributed by atoms with E-state index in [1.54, 1.807) is 0 Å². The van der Waals surface area contributed by atoms with Gasteiger partial charge in [0, 0.05) is 18.1 Å². The Kier molecular flexibility index (Phi) is 2.30.